The second-order valence-electron chi connectivity index (χ2n) is 5.34. The van der Waals surface area contributed by atoms with E-state index in [9.17, 15) is 13.2 Å². The molecular weight excluding hydrogens is 335 g/mol. The fraction of sp³-hybridized carbons (Fsp3) is 0.125. The van der Waals surface area contributed by atoms with Crippen LogP contribution < -0.4 is 0 Å². The van der Waals surface area contributed by atoms with Gasteiger partial charge in [0, 0.05) is 11.8 Å². The molecule has 0 fully saturated rings. The molecule has 3 heterocycles. The molecule has 0 aliphatic heterocycles. The maximum Gasteiger partial charge on any atom is 0.416 e. The Balaban J connectivity index is 1.76. The first kappa shape index (κ1) is 15.3. The quantitative estimate of drug-likeness (QED) is 0.568. The minimum atomic E-state index is -4.40. The molecular formula is C16H10F3N5O. The molecule has 1 aromatic carbocycles. The summed E-state index contributed by atoms with van der Waals surface area (Å²) in [5.74, 6) is 0.370. The van der Waals surface area contributed by atoms with Crippen LogP contribution in [0.1, 0.15) is 11.5 Å². The van der Waals surface area contributed by atoms with E-state index in [1.54, 1.807) is 23.0 Å². The number of halogens is 3. The lowest BCUT2D eigenvalue weighted by molar-refractivity contribution is -0.137. The number of hydrogen-bond acceptors (Lipinski definition) is 5. The van der Waals surface area contributed by atoms with Crippen LogP contribution in [0.4, 0.5) is 13.2 Å². The molecule has 0 unspecified atom stereocenters. The van der Waals surface area contributed by atoms with Crippen LogP contribution in [0.3, 0.4) is 0 Å². The van der Waals surface area contributed by atoms with Crippen molar-refractivity contribution in [3.63, 3.8) is 0 Å². The predicted molar refractivity (Wildman–Crippen MR) is 81.4 cm³/mol. The summed E-state index contributed by atoms with van der Waals surface area (Å²) in [7, 11) is 0. The van der Waals surface area contributed by atoms with Gasteiger partial charge >= 0.3 is 6.18 Å². The topological polar surface area (TPSA) is 69.6 Å². The van der Waals surface area contributed by atoms with E-state index in [1.807, 2.05) is 0 Å². The van der Waals surface area contributed by atoms with E-state index < -0.39 is 11.7 Å². The van der Waals surface area contributed by atoms with Gasteiger partial charge in [-0.25, -0.2) is 0 Å². The molecule has 3 aromatic heterocycles. The molecule has 0 N–H and O–H groups in total. The van der Waals surface area contributed by atoms with Gasteiger partial charge in [0.25, 0.3) is 0 Å². The van der Waals surface area contributed by atoms with Crippen molar-refractivity contribution in [1.29, 1.82) is 0 Å². The lowest BCUT2D eigenvalue weighted by atomic mass is 10.0. The molecule has 0 atom stereocenters. The molecule has 6 nitrogen and oxygen atoms in total. The van der Waals surface area contributed by atoms with Crippen LogP contribution in [0.2, 0.25) is 0 Å². The number of alkyl halides is 3. The molecule has 0 saturated heterocycles. The number of nitrogens with zero attached hydrogens (tertiary/aromatic N) is 5. The van der Waals surface area contributed by atoms with Gasteiger partial charge < -0.3 is 4.42 Å². The average Bonchev–Trinajstić information content (AvgIpc) is 3.24. The van der Waals surface area contributed by atoms with Crippen LogP contribution in [-0.2, 0) is 12.7 Å². The summed E-state index contributed by atoms with van der Waals surface area (Å²) < 4.78 is 45.4. The minimum Gasteiger partial charge on any atom is -0.426 e. The number of aromatic nitrogens is 5. The smallest absolute Gasteiger partial charge is 0.416 e. The van der Waals surface area contributed by atoms with Gasteiger partial charge in [-0.15, -0.1) is 10.2 Å². The van der Waals surface area contributed by atoms with Gasteiger partial charge in [-0.3, -0.25) is 9.67 Å². The fourth-order valence-electron chi connectivity index (χ4n) is 2.51. The number of hydrogen-bond donors (Lipinski definition) is 0. The largest absolute Gasteiger partial charge is 0.426 e. The van der Waals surface area contributed by atoms with Gasteiger partial charge in [0.15, 0.2) is 0 Å². The first-order valence-corrected chi connectivity index (χ1v) is 7.25. The Morgan fingerprint density at radius 1 is 1.08 bits per heavy atom. The monoisotopic (exact) mass is 345 g/mol. The Morgan fingerprint density at radius 2 is 1.96 bits per heavy atom. The summed E-state index contributed by atoms with van der Waals surface area (Å²) in [6.07, 6.45) is -0.0846. The first-order valence-electron chi connectivity index (χ1n) is 7.25. The van der Waals surface area contributed by atoms with E-state index in [0.29, 0.717) is 28.1 Å². The van der Waals surface area contributed by atoms with Gasteiger partial charge in [-0.05, 0) is 23.8 Å². The summed E-state index contributed by atoms with van der Waals surface area (Å²) >= 11 is 0. The van der Waals surface area contributed by atoms with E-state index in [1.165, 1.54) is 18.7 Å². The molecule has 0 aliphatic carbocycles. The SMILES string of the molecule is FC(F)(F)c1cccc(-c2cnc3cnn(Cc4nnco4)c3c2)c1. The number of fused-ring (bicyclic) bond motifs is 1. The van der Waals surface area contributed by atoms with Crippen molar-refractivity contribution in [2.24, 2.45) is 0 Å². The third-order valence-corrected chi connectivity index (χ3v) is 3.71. The average molecular weight is 345 g/mol. The van der Waals surface area contributed by atoms with Crippen molar-refractivity contribution in [1.82, 2.24) is 25.0 Å². The molecule has 25 heavy (non-hydrogen) atoms. The van der Waals surface area contributed by atoms with Crippen molar-refractivity contribution in [3.8, 4) is 11.1 Å². The lowest BCUT2D eigenvalue weighted by Gasteiger charge is -2.09. The summed E-state index contributed by atoms with van der Waals surface area (Å²) in [6, 6.07) is 6.85. The van der Waals surface area contributed by atoms with Crippen LogP contribution in [0.25, 0.3) is 22.2 Å². The predicted octanol–water partition coefficient (Wildman–Crippen LogP) is 3.55. The standard InChI is InChI=1S/C16H10F3N5O/c17-16(18,19)12-3-1-2-10(4-12)11-5-14-13(20-6-11)7-22-24(14)8-15-23-21-9-25-15/h1-7,9H,8H2. The summed E-state index contributed by atoms with van der Waals surface area (Å²) in [4.78, 5) is 4.27. The van der Waals surface area contributed by atoms with E-state index in [2.05, 4.69) is 20.3 Å². The van der Waals surface area contributed by atoms with Crippen molar-refractivity contribution < 1.29 is 17.6 Å². The molecule has 4 aromatic rings. The summed E-state index contributed by atoms with van der Waals surface area (Å²) in [5.41, 5.74) is 1.56. The molecule has 0 spiro atoms. The fourth-order valence-corrected chi connectivity index (χ4v) is 2.51. The molecule has 4 rings (SSSR count). The van der Waals surface area contributed by atoms with Gasteiger partial charge in [-0.2, -0.15) is 18.3 Å². The maximum absolute atomic E-state index is 12.9. The Kier molecular flexibility index (Phi) is 3.48. The Morgan fingerprint density at radius 3 is 2.72 bits per heavy atom. The van der Waals surface area contributed by atoms with Crippen molar-refractivity contribution in [2.45, 2.75) is 12.7 Å². The zero-order valence-corrected chi connectivity index (χ0v) is 12.6. The molecule has 126 valence electrons. The highest BCUT2D eigenvalue weighted by molar-refractivity contribution is 5.80. The Bertz CT molecular complexity index is 1020. The van der Waals surface area contributed by atoms with Crippen LogP contribution in [0.15, 0.2) is 53.5 Å². The number of benzene rings is 1. The van der Waals surface area contributed by atoms with Crippen LogP contribution in [-0.4, -0.2) is 25.0 Å². The summed E-state index contributed by atoms with van der Waals surface area (Å²) in [5, 5.41) is 11.6. The van der Waals surface area contributed by atoms with E-state index in [4.69, 9.17) is 4.42 Å². The Labute approximate surface area is 138 Å². The highest BCUT2D eigenvalue weighted by atomic mass is 19.4. The van der Waals surface area contributed by atoms with Crippen LogP contribution >= 0.6 is 0 Å². The van der Waals surface area contributed by atoms with Gasteiger partial charge in [-0.1, -0.05) is 12.1 Å². The number of rotatable bonds is 3. The van der Waals surface area contributed by atoms with Crippen molar-refractivity contribution in [3.05, 3.63) is 60.6 Å². The minimum absolute atomic E-state index is 0.247. The first-order chi connectivity index (χ1) is 12.0. The molecule has 0 bridgehead atoms. The molecule has 0 saturated carbocycles. The van der Waals surface area contributed by atoms with E-state index >= 15 is 0 Å². The molecule has 0 radical (unpaired) electrons. The molecule has 0 aliphatic rings. The van der Waals surface area contributed by atoms with Crippen molar-refractivity contribution >= 4 is 11.0 Å². The Hall–Kier alpha value is -3.23. The van der Waals surface area contributed by atoms with E-state index in [-0.39, 0.29) is 6.54 Å². The maximum atomic E-state index is 12.9. The number of pyridine rings is 1. The van der Waals surface area contributed by atoms with Gasteiger partial charge in [0.1, 0.15) is 12.1 Å². The summed E-state index contributed by atoms with van der Waals surface area (Å²) in [6.45, 7) is 0.247. The molecule has 0 amide bonds. The highest BCUT2D eigenvalue weighted by Gasteiger charge is 2.30. The second kappa shape index (κ2) is 5.69. The third-order valence-electron chi connectivity index (χ3n) is 3.71. The van der Waals surface area contributed by atoms with Gasteiger partial charge in [0.05, 0.1) is 17.3 Å². The third kappa shape index (κ3) is 2.95. The van der Waals surface area contributed by atoms with E-state index in [0.717, 1.165) is 12.1 Å². The van der Waals surface area contributed by atoms with Gasteiger partial charge in [0.2, 0.25) is 12.3 Å². The molecule has 9 heteroatoms. The normalized spacial score (nSPS) is 12.0. The zero-order chi connectivity index (χ0) is 17.4. The zero-order valence-electron chi connectivity index (χ0n) is 12.6. The van der Waals surface area contributed by atoms with Crippen molar-refractivity contribution in [2.75, 3.05) is 0 Å². The lowest BCUT2D eigenvalue weighted by Crippen LogP contribution is -2.04. The van der Waals surface area contributed by atoms with Crippen LogP contribution in [0, 0.1) is 0 Å². The highest BCUT2D eigenvalue weighted by Crippen LogP contribution is 2.32. The second-order valence-corrected chi connectivity index (χ2v) is 5.34. The van der Waals surface area contributed by atoms with Crippen LogP contribution in [0.5, 0.6) is 0 Å².